The summed E-state index contributed by atoms with van der Waals surface area (Å²) in [5.74, 6) is 0.0999. The number of carboxylic acid groups (broad SMARTS) is 1. The van der Waals surface area contributed by atoms with E-state index < -0.39 is 28.1 Å². The van der Waals surface area contributed by atoms with Gasteiger partial charge in [-0.2, -0.15) is 4.31 Å². The molecule has 0 saturated carbocycles. The molecule has 5 rings (SSSR count). The molecule has 0 unspecified atom stereocenters. The molecule has 0 amide bonds. The van der Waals surface area contributed by atoms with Crippen LogP contribution in [-0.2, 0) is 56.9 Å². The number of piperidine rings is 1. The maximum Gasteiger partial charge on any atom is 0.323 e. The number of phenolic OH excluding ortho intramolecular Hbond substituents is 1. The number of fused-ring (bicyclic) bond motifs is 1. The summed E-state index contributed by atoms with van der Waals surface area (Å²) in [6, 6.07) is 16.0. The number of carboxylic acids is 1. The SMILES string of the molecule is Cc1cc(O)c(CCCOCCOCCOCCOCCOCCOc2ccc(C3CCN(S(=O)(=O)c4ccc5c(=O)n(CC(=O)O)cnc5c4)CC3)cc2)cc1C(C)(C)C. The standard InChI is InChI=1S/C45H61N3O12S/c1-33-28-42(49)36(29-40(33)45(2,3)4)6-5-17-55-18-19-56-20-21-57-22-23-58-24-25-59-26-27-60-37-9-7-34(8-10-37)35-13-15-48(16-14-35)61(53,54)38-11-12-39-41(30-38)46-32-47(44(39)52)31-43(50)51/h7-12,28-30,32,35,49H,5-6,13-27,31H2,1-4H3,(H,50,51). The van der Waals surface area contributed by atoms with Crippen LogP contribution in [0.2, 0.25) is 0 Å². The number of nitrogens with zero attached hydrogens (tertiary/aromatic N) is 3. The number of aryl methyl sites for hydroxylation is 2. The minimum atomic E-state index is -3.82. The van der Waals surface area contributed by atoms with Crippen molar-refractivity contribution >= 4 is 26.9 Å². The number of ether oxygens (including phenoxy) is 6. The van der Waals surface area contributed by atoms with Crippen LogP contribution in [0.5, 0.6) is 11.5 Å². The molecule has 1 aliphatic rings. The molecule has 0 bridgehead atoms. The Morgan fingerprint density at radius 3 is 1.95 bits per heavy atom. The third-order valence-electron chi connectivity index (χ3n) is 10.5. The van der Waals surface area contributed by atoms with E-state index in [-0.39, 0.29) is 27.1 Å². The van der Waals surface area contributed by atoms with Gasteiger partial charge in [-0.05, 0) is 103 Å². The van der Waals surface area contributed by atoms with Crippen molar-refractivity contribution in [2.24, 2.45) is 0 Å². The van der Waals surface area contributed by atoms with Crippen molar-refractivity contribution in [3.63, 3.8) is 0 Å². The van der Waals surface area contributed by atoms with E-state index in [2.05, 4.69) is 31.8 Å². The average molecular weight is 868 g/mol. The van der Waals surface area contributed by atoms with Gasteiger partial charge in [0, 0.05) is 19.7 Å². The van der Waals surface area contributed by atoms with Gasteiger partial charge in [0.1, 0.15) is 24.7 Å². The molecule has 0 atom stereocenters. The van der Waals surface area contributed by atoms with Crippen molar-refractivity contribution in [2.45, 2.75) is 76.2 Å². The van der Waals surface area contributed by atoms with E-state index in [0.717, 1.165) is 46.2 Å². The van der Waals surface area contributed by atoms with Gasteiger partial charge in [-0.1, -0.05) is 39.0 Å². The Bertz CT molecular complexity index is 2180. The number of sulfonamides is 1. The molecule has 0 spiro atoms. The predicted molar refractivity (Wildman–Crippen MR) is 230 cm³/mol. The first kappa shape index (κ1) is 47.6. The Labute approximate surface area is 358 Å². The van der Waals surface area contributed by atoms with Crippen molar-refractivity contribution < 1.29 is 51.8 Å². The van der Waals surface area contributed by atoms with Crippen molar-refractivity contribution in [1.29, 1.82) is 0 Å². The van der Waals surface area contributed by atoms with Crippen LogP contribution in [-0.4, -0.2) is 124 Å². The van der Waals surface area contributed by atoms with E-state index in [1.54, 1.807) is 0 Å². The number of rotatable bonds is 25. The number of aromatic hydroxyl groups is 1. The normalized spacial score (nSPS) is 14.2. The molecule has 15 nitrogen and oxygen atoms in total. The number of phenols is 1. The third kappa shape index (κ3) is 14.3. The van der Waals surface area contributed by atoms with Gasteiger partial charge in [0.05, 0.1) is 81.6 Å². The fourth-order valence-corrected chi connectivity index (χ4v) is 8.77. The summed E-state index contributed by atoms with van der Waals surface area (Å²) in [7, 11) is -3.82. The number of hydrogen-bond acceptors (Lipinski definition) is 12. The minimum absolute atomic E-state index is 0.0324. The van der Waals surface area contributed by atoms with Crippen LogP contribution in [0.25, 0.3) is 10.9 Å². The number of aliphatic carboxylic acids is 1. The van der Waals surface area contributed by atoms with Crippen LogP contribution >= 0.6 is 0 Å². The molecular formula is C45H61N3O12S. The molecule has 61 heavy (non-hydrogen) atoms. The first-order valence-corrected chi connectivity index (χ1v) is 22.3. The minimum Gasteiger partial charge on any atom is -0.508 e. The van der Waals surface area contributed by atoms with Gasteiger partial charge in [0.15, 0.2) is 0 Å². The summed E-state index contributed by atoms with van der Waals surface area (Å²) in [5, 5.41) is 19.5. The molecular weight excluding hydrogens is 807 g/mol. The van der Waals surface area contributed by atoms with Crippen molar-refractivity contribution in [2.75, 3.05) is 85.8 Å². The van der Waals surface area contributed by atoms with Gasteiger partial charge >= 0.3 is 5.97 Å². The lowest BCUT2D eigenvalue weighted by atomic mass is 9.82. The zero-order chi connectivity index (χ0) is 43.8. The number of benzene rings is 3. The monoisotopic (exact) mass is 867 g/mol. The molecule has 0 radical (unpaired) electrons. The Morgan fingerprint density at radius 2 is 1.38 bits per heavy atom. The highest BCUT2D eigenvalue weighted by Crippen LogP contribution is 2.33. The largest absolute Gasteiger partial charge is 0.508 e. The third-order valence-corrected chi connectivity index (χ3v) is 12.4. The van der Waals surface area contributed by atoms with Gasteiger partial charge < -0.3 is 38.6 Å². The van der Waals surface area contributed by atoms with E-state index in [1.807, 2.05) is 37.3 Å². The summed E-state index contributed by atoms with van der Waals surface area (Å²) in [5.41, 5.74) is 4.13. The Morgan fingerprint density at radius 1 is 0.803 bits per heavy atom. The maximum atomic E-state index is 13.5. The first-order valence-electron chi connectivity index (χ1n) is 20.9. The van der Waals surface area contributed by atoms with Crippen LogP contribution in [0.3, 0.4) is 0 Å². The Balaban J connectivity index is 0.845. The first-order chi connectivity index (χ1) is 29.2. The van der Waals surface area contributed by atoms with Crippen molar-refractivity contribution in [3.8, 4) is 11.5 Å². The van der Waals surface area contributed by atoms with Gasteiger partial charge in [0.2, 0.25) is 10.0 Å². The lowest BCUT2D eigenvalue weighted by Gasteiger charge is -2.31. The lowest BCUT2D eigenvalue weighted by molar-refractivity contribution is -0.137. The number of carbonyl (C=O) groups is 1. The quantitative estimate of drug-likeness (QED) is 0.0802. The van der Waals surface area contributed by atoms with Crippen LogP contribution in [0.1, 0.15) is 68.2 Å². The second-order valence-corrected chi connectivity index (χ2v) is 18.0. The summed E-state index contributed by atoms with van der Waals surface area (Å²) in [6.07, 6.45) is 4.02. The summed E-state index contributed by atoms with van der Waals surface area (Å²) in [6.45, 7) is 14.0. The van der Waals surface area contributed by atoms with Crippen molar-refractivity contribution in [1.82, 2.24) is 13.9 Å². The number of aromatic nitrogens is 2. The average Bonchev–Trinajstić information content (AvgIpc) is 3.23. The molecule has 3 aromatic carbocycles. The topological polar surface area (TPSA) is 185 Å². The molecule has 1 saturated heterocycles. The van der Waals surface area contributed by atoms with Crippen LogP contribution < -0.4 is 10.3 Å². The molecule has 4 aromatic rings. The highest BCUT2D eigenvalue weighted by molar-refractivity contribution is 7.89. The van der Waals surface area contributed by atoms with Crippen LogP contribution in [0, 0.1) is 6.92 Å². The predicted octanol–water partition coefficient (Wildman–Crippen LogP) is 5.46. The van der Waals surface area contributed by atoms with E-state index in [4.69, 9.17) is 33.5 Å². The fourth-order valence-electron chi connectivity index (χ4n) is 7.28. The molecule has 16 heteroatoms. The Kier molecular flexibility index (Phi) is 18.1. The van der Waals surface area contributed by atoms with Crippen LogP contribution in [0.15, 0.2) is 70.6 Å². The smallest absolute Gasteiger partial charge is 0.323 e. The van der Waals surface area contributed by atoms with E-state index >= 15 is 0 Å². The molecule has 1 aliphatic heterocycles. The van der Waals surface area contributed by atoms with Crippen molar-refractivity contribution in [3.05, 3.63) is 93.5 Å². The number of hydrogen-bond donors (Lipinski definition) is 2. The molecule has 0 aliphatic carbocycles. The molecule has 1 aromatic heterocycles. The second-order valence-electron chi connectivity index (χ2n) is 16.1. The van der Waals surface area contributed by atoms with Gasteiger partial charge in [-0.3, -0.25) is 14.2 Å². The zero-order valence-electron chi connectivity index (χ0n) is 35.8. The summed E-state index contributed by atoms with van der Waals surface area (Å²) >= 11 is 0. The highest BCUT2D eigenvalue weighted by Gasteiger charge is 2.30. The highest BCUT2D eigenvalue weighted by atomic mass is 32.2. The Hall–Kier alpha value is -4.42. The van der Waals surface area contributed by atoms with E-state index in [0.29, 0.717) is 104 Å². The molecule has 2 heterocycles. The summed E-state index contributed by atoms with van der Waals surface area (Å²) in [4.78, 5) is 27.8. The molecule has 1 fully saturated rings. The summed E-state index contributed by atoms with van der Waals surface area (Å²) < 4.78 is 63.2. The van der Waals surface area contributed by atoms with Gasteiger partial charge in [0.25, 0.3) is 5.56 Å². The van der Waals surface area contributed by atoms with E-state index in [1.165, 1.54) is 28.1 Å². The molecule has 334 valence electrons. The van der Waals surface area contributed by atoms with Gasteiger partial charge in [-0.15, -0.1) is 0 Å². The van der Waals surface area contributed by atoms with Crippen LogP contribution in [0.4, 0.5) is 0 Å². The molecule has 2 N–H and O–H groups in total. The zero-order valence-corrected chi connectivity index (χ0v) is 36.6. The van der Waals surface area contributed by atoms with E-state index in [9.17, 15) is 23.1 Å². The second kappa shape index (κ2) is 23.1. The fraction of sp³-hybridized carbons (Fsp3) is 0.533. The van der Waals surface area contributed by atoms with Gasteiger partial charge in [-0.25, -0.2) is 13.4 Å². The maximum absolute atomic E-state index is 13.5. The lowest BCUT2D eigenvalue weighted by Crippen LogP contribution is -2.37.